The van der Waals surface area contributed by atoms with Crippen LogP contribution in [0.25, 0.3) is 0 Å². The fraction of sp³-hybridized carbons (Fsp3) is 0.429. The van der Waals surface area contributed by atoms with Gasteiger partial charge in [0, 0.05) is 7.76 Å². The smallest absolute Gasteiger partial charge is 0.119 e. The van der Waals surface area contributed by atoms with Crippen molar-refractivity contribution in [2.45, 2.75) is 43.8 Å². The Balaban J connectivity index is 2.03. The Hall–Kier alpha value is -1.67. The van der Waals surface area contributed by atoms with Gasteiger partial charge >= 0.3 is 0 Å². The monoisotopic (exact) mass is 411 g/mol. The van der Waals surface area contributed by atoms with Gasteiger partial charge in [-0.05, 0) is 48.2 Å². The molecule has 0 amide bonds. The van der Waals surface area contributed by atoms with Crippen molar-refractivity contribution >= 4 is 11.6 Å². The van der Waals surface area contributed by atoms with Crippen LogP contribution in [0.3, 0.4) is 0 Å². The predicted octanol–water partition coefficient (Wildman–Crippen LogP) is 1.84. The normalized spacial score (nSPS) is 32.3. The van der Waals surface area contributed by atoms with Gasteiger partial charge in [-0.1, -0.05) is 35.9 Å². The summed E-state index contributed by atoms with van der Waals surface area (Å²) in [6.07, 6.45) is -10.8. The standard InChI is InChI=1S/C21H25ClO6/c1-2-27-15-6-3-12(4-7-15)9-14-10-13(5-8-16(14)22)21-20(26)19(25)18(24)17(11-23)28-21/h3-8,10,17-21,23-26H,2,9,11H2,1H3/t17-,18-,19+,20-,21+/m1/s1/i9D2,21D. The number of halogens is 1. The molecule has 1 aliphatic heterocycles. The van der Waals surface area contributed by atoms with Crippen LogP contribution in [0.15, 0.2) is 42.5 Å². The van der Waals surface area contributed by atoms with Crippen molar-refractivity contribution in [2.75, 3.05) is 13.2 Å². The highest BCUT2D eigenvalue weighted by atomic mass is 35.5. The number of hydrogen-bond donors (Lipinski definition) is 4. The molecule has 7 heteroatoms. The quantitative estimate of drug-likeness (QED) is 0.579. The maximum atomic E-state index is 10.5. The summed E-state index contributed by atoms with van der Waals surface area (Å²) in [7, 11) is 0. The molecule has 6 nitrogen and oxygen atoms in total. The number of aliphatic hydroxyl groups excluding tert-OH is 4. The van der Waals surface area contributed by atoms with Gasteiger partial charge < -0.3 is 29.9 Å². The summed E-state index contributed by atoms with van der Waals surface area (Å²) in [5.41, 5.74) is 0.334. The Morgan fingerprint density at radius 1 is 1.11 bits per heavy atom. The fourth-order valence-corrected chi connectivity index (χ4v) is 3.14. The molecule has 0 bridgehead atoms. The fourth-order valence-electron chi connectivity index (χ4n) is 2.98. The van der Waals surface area contributed by atoms with E-state index in [0.29, 0.717) is 17.9 Å². The van der Waals surface area contributed by atoms with Gasteiger partial charge in [-0.25, -0.2) is 0 Å². The molecule has 1 aliphatic rings. The first-order chi connectivity index (χ1) is 14.6. The van der Waals surface area contributed by atoms with Gasteiger partial charge in [0.05, 0.1) is 14.6 Å². The summed E-state index contributed by atoms with van der Waals surface area (Å²) in [6.45, 7) is 1.64. The molecule has 0 saturated carbocycles. The van der Waals surface area contributed by atoms with Gasteiger partial charge in [-0.3, -0.25) is 0 Å². The summed E-state index contributed by atoms with van der Waals surface area (Å²) < 4.78 is 36.7. The van der Waals surface area contributed by atoms with E-state index in [2.05, 4.69) is 0 Å². The highest BCUT2D eigenvalue weighted by Crippen LogP contribution is 2.34. The maximum Gasteiger partial charge on any atom is 0.119 e. The molecule has 28 heavy (non-hydrogen) atoms. The van der Waals surface area contributed by atoms with Crippen molar-refractivity contribution in [1.82, 2.24) is 0 Å². The van der Waals surface area contributed by atoms with Crippen LogP contribution in [0.2, 0.25) is 5.02 Å². The van der Waals surface area contributed by atoms with Gasteiger partial charge in [0.15, 0.2) is 0 Å². The Bertz CT molecular complexity index is 910. The second-order valence-electron chi connectivity index (χ2n) is 6.41. The zero-order chi connectivity index (χ0) is 23.0. The molecule has 0 unspecified atom stereocenters. The molecule has 2 aromatic carbocycles. The van der Waals surface area contributed by atoms with E-state index in [1.165, 1.54) is 18.2 Å². The van der Waals surface area contributed by atoms with Crippen LogP contribution in [0.1, 0.15) is 33.8 Å². The lowest BCUT2D eigenvalue weighted by atomic mass is 9.90. The van der Waals surface area contributed by atoms with Crippen LogP contribution in [-0.4, -0.2) is 58.1 Å². The van der Waals surface area contributed by atoms with Crippen molar-refractivity contribution in [2.24, 2.45) is 0 Å². The van der Waals surface area contributed by atoms with Crippen molar-refractivity contribution in [3.8, 4) is 5.75 Å². The maximum absolute atomic E-state index is 10.5. The van der Waals surface area contributed by atoms with E-state index in [0.717, 1.165) is 0 Å². The van der Waals surface area contributed by atoms with Gasteiger partial charge in [-0.15, -0.1) is 0 Å². The van der Waals surface area contributed by atoms with E-state index in [1.54, 1.807) is 24.3 Å². The molecule has 0 radical (unpaired) electrons. The lowest BCUT2D eigenvalue weighted by Crippen LogP contribution is -2.55. The molecule has 2 aromatic rings. The molecule has 1 saturated heterocycles. The van der Waals surface area contributed by atoms with Crippen LogP contribution >= 0.6 is 11.6 Å². The number of benzene rings is 2. The lowest BCUT2D eigenvalue weighted by Gasteiger charge is -2.40. The highest BCUT2D eigenvalue weighted by molar-refractivity contribution is 6.31. The van der Waals surface area contributed by atoms with E-state index in [4.69, 9.17) is 25.2 Å². The SMILES string of the molecule is [2H]C([2H])(c1ccc(OCC)cc1)c1cc([C@]2([2H])O[C@H](CO)[C@@H](O)[C@H](O)[C@H]2O)ccc1Cl. The van der Waals surface area contributed by atoms with E-state index < -0.39 is 43.5 Å². The molecular formula is C21H25ClO6. The number of rotatable bonds is 6. The minimum Gasteiger partial charge on any atom is -0.494 e. The summed E-state index contributed by atoms with van der Waals surface area (Å²) in [6, 6.07) is 10.4. The third-order valence-corrected chi connectivity index (χ3v) is 4.81. The van der Waals surface area contributed by atoms with E-state index >= 15 is 0 Å². The average Bonchev–Trinajstić information content (AvgIpc) is 2.75. The Morgan fingerprint density at radius 2 is 1.82 bits per heavy atom. The zero-order valence-corrected chi connectivity index (χ0v) is 16.0. The lowest BCUT2D eigenvalue weighted by molar-refractivity contribution is -0.231. The molecule has 1 fully saturated rings. The zero-order valence-electron chi connectivity index (χ0n) is 18.2. The van der Waals surface area contributed by atoms with Crippen LogP contribution < -0.4 is 4.74 Å². The first-order valence-corrected chi connectivity index (χ1v) is 9.30. The third kappa shape index (κ3) is 4.49. The van der Waals surface area contributed by atoms with Crippen LogP contribution in [0.4, 0.5) is 0 Å². The first-order valence-electron chi connectivity index (χ1n) is 10.4. The largest absolute Gasteiger partial charge is 0.494 e. The molecule has 1 heterocycles. The van der Waals surface area contributed by atoms with Crippen LogP contribution in [0.5, 0.6) is 5.75 Å². The minimum atomic E-state index is -2.26. The van der Waals surface area contributed by atoms with Crippen molar-refractivity contribution in [1.29, 1.82) is 0 Å². The van der Waals surface area contributed by atoms with Crippen LogP contribution in [0, 0.1) is 0 Å². The van der Waals surface area contributed by atoms with E-state index in [9.17, 15) is 20.4 Å². The van der Waals surface area contributed by atoms with Gasteiger partial charge in [0.1, 0.15) is 36.2 Å². The highest BCUT2D eigenvalue weighted by Gasteiger charge is 2.43. The Morgan fingerprint density at radius 3 is 2.46 bits per heavy atom. The van der Waals surface area contributed by atoms with Gasteiger partial charge in [0.2, 0.25) is 0 Å². The molecule has 0 aliphatic carbocycles. The summed E-state index contributed by atoms with van der Waals surface area (Å²) >= 11 is 6.28. The van der Waals surface area contributed by atoms with Crippen molar-refractivity contribution < 1.29 is 34.0 Å². The van der Waals surface area contributed by atoms with Crippen LogP contribution in [-0.2, 0) is 11.1 Å². The Labute approximate surface area is 173 Å². The second-order valence-corrected chi connectivity index (χ2v) is 6.81. The summed E-state index contributed by atoms with van der Waals surface area (Å²) in [4.78, 5) is 0. The van der Waals surface area contributed by atoms with Crippen molar-refractivity contribution in [3.63, 3.8) is 0 Å². The first kappa shape index (κ1) is 17.2. The Kier molecular flexibility index (Phi) is 5.67. The molecule has 0 spiro atoms. The second kappa shape index (κ2) is 9.22. The molecular weight excluding hydrogens is 384 g/mol. The molecule has 4 N–H and O–H groups in total. The molecule has 5 atom stereocenters. The van der Waals surface area contributed by atoms with Gasteiger partial charge in [0.25, 0.3) is 0 Å². The third-order valence-electron chi connectivity index (χ3n) is 4.48. The van der Waals surface area contributed by atoms with E-state index in [1.807, 2.05) is 6.92 Å². The summed E-state index contributed by atoms with van der Waals surface area (Å²) in [5.74, 6) is 0.591. The molecule has 3 rings (SSSR count). The molecule has 152 valence electrons. The van der Waals surface area contributed by atoms with Crippen molar-refractivity contribution in [3.05, 3.63) is 64.2 Å². The topological polar surface area (TPSA) is 99.4 Å². The summed E-state index contributed by atoms with van der Waals surface area (Å²) in [5, 5.41) is 40.1. The number of aliphatic hydroxyl groups is 4. The number of hydrogen-bond acceptors (Lipinski definition) is 6. The average molecular weight is 412 g/mol. The molecule has 0 aromatic heterocycles. The predicted molar refractivity (Wildman–Crippen MR) is 105 cm³/mol. The van der Waals surface area contributed by atoms with E-state index in [-0.39, 0.29) is 16.1 Å². The number of ether oxygens (including phenoxy) is 2. The minimum absolute atomic E-state index is 0.0126. The van der Waals surface area contributed by atoms with Gasteiger partial charge in [-0.2, -0.15) is 0 Å².